The fourth-order valence-corrected chi connectivity index (χ4v) is 1.90. The van der Waals surface area contributed by atoms with Crippen LogP contribution in [0.15, 0.2) is 17.2 Å². The van der Waals surface area contributed by atoms with E-state index in [1.807, 2.05) is 6.92 Å². The second kappa shape index (κ2) is 4.65. The summed E-state index contributed by atoms with van der Waals surface area (Å²) < 4.78 is 7.07. The smallest absolute Gasteiger partial charge is 0.293 e. The zero-order valence-electron chi connectivity index (χ0n) is 9.64. The van der Waals surface area contributed by atoms with Crippen LogP contribution >= 0.6 is 0 Å². The minimum atomic E-state index is -0.104. The third-order valence-corrected chi connectivity index (χ3v) is 2.90. The molecule has 2 rings (SSSR count). The summed E-state index contributed by atoms with van der Waals surface area (Å²) in [6.07, 6.45) is 5.58. The average molecular weight is 223 g/mol. The Morgan fingerprint density at radius 3 is 3.19 bits per heavy atom. The largest absolute Gasteiger partial charge is 0.376 e. The van der Waals surface area contributed by atoms with Gasteiger partial charge in [-0.15, -0.1) is 0 Å². The molecule has 0 spiro atoms. The Kier molecular flexibility index (Phi) is 3.24. The number of hydrogen-bond donors (Lipinski definition) is 1. The van der Waals surface area contributed by atoms with Crippen LogP contribution in [0.1, 0.15) is 19.8 Å². The zero-order valence-corrected chi connectivity index (χ0v) is 9.64. The number of rotatable bonds is 3. The van der Waals surface area contributed by atoms with Gasteiger partial charge in [0.05, 0.1) is 12.1 Å². The van der Waals surface area contributed by atoms with Crippen molar-refractivity contribution in [2.75, 3.05) is 11.9 Å². The molecule has 2 unspecified atom stereocenters. The number of nitrogens with one attached hydrogen (secondary N) is 1. The Bertz CT molecular complexity index is 410. The van der Waals surface area contributed by atoms with Gasteiger partial charge in [-0.25, -0.2) is 4.98 Å². The van der Waals surface area contributed by atoms with Gasteiger partial charge < -0.3 is 14.6 Å². The lowest BCUT2D eigenvalue weighted by Crippen LogP contribution is -2.34. The summed E-state index contributed by atoms with van der Waals surface area (Å²) in [6, 6.07) is 0.116. The number of aryl methyl sites for hydroxylation is 1. The van der Waals surface area contributed by atoms with Crippen molar-refractivity contribution in [1.29, 1.82) is 0 Å². The Morgan fingerprint density at radius 2 is 2.50 bits per heavy atom. The molecule has 1 aromatic rings. The summed E-state index contributed by atoms with van der Waals surface area (Å²) in [4.78, 5) is 15.8. The summed E-state index contributed by atoms with van der Waals surface area (Å²) in [5.74, 6) is 0.396. The summed E-state index contributed by atoms with van der Waals surface area (Å²) in [5.41, 5.74) is -0.104. The molecule has 1 saturated heterocycles. The molecule has 1 N–H and O–H groups in total. The minimum absolute atomic E-state index is 0.104. The Labute approximate surface area is 94.5 Å². The summed E-state index contributed by atoms with van der Waals surface area (Å²) in [6.45, 7) is 2.83. The molecule has 0 bridgehead atoms. The highest BCUT2D eigenvalue weighted by Gasteiger charge is 2.23. The predicted octanol–water partition coefficient (Wildman–Crippen LogP) is 0.760. The quantitative estimate of drug-likeness (QED) is 0.822. The van der Waals surface area contributed by atoms with Crippen LogP contribution in [0.3, 0.4) is 0 Å². The van der Waals surface area contributed by atoms with Crippen LogP contribution in [0.4, 0.5) is 5.82 Å². The normalized spacial score (nSPS) is 22.0. The molecule has 0 radical (unpaired) electrons. The van der Waals surface area contributed by atoms with Gasteiger partial charge in [-0.3, -0.25) is 4.79 Å². The second-order valence-corrected chi connectivity index (χ2v) is 4.18. The van der Waals surface area contributed by atoms with Gasteiger partial charge in [0.25, 0.3) is 5.56 Å². The van der Waals surface area contributed by atoms with Gasteiger partial charge in [0.15, 0.2) is 5.82 Å². The van der Waals surface area contributed by atoms with Crippen LogP contribution in [-0.4, -0.2) is 28.3 Å². The van der Waals surface area contributed by atoms with Gasteiger partial charge in [-0.1, -0.05) is 0 Å². The molecule has 16 heavy (non-hydrogen) atoms. The number of anilines is 1. The first-order chi connectivity index (χ1) is 7.68. The van der Waals surface area contributed by atoms with Gasteiger partial charge in [-0.2, -0.15) is 0 Å². The van der Waals surface area contributed by atoms with E-state index < -0.39 is 0 Å². The SMILES string of the molecule is CC(Nc1nccn(C)c1=O)C1CCCO1. The second-order valence-electron chi connectivity index (χ2n) is 4.18. The van der Waals surface area contributed by atoms with Crippen LogP contribution in [0.5, 0.6) is 0 Å². The van der Waals surface area contributed by atoms with Crippen LogP contribution in [0.25, 0.3) is 0 Å². The van der Waals surface area contributed by atoms with Gasteiger partial charge in [0.2, 0.25) is 0 Å². The molecule has 1 aromatic heterocycles. The van der Waals surface area contributed by atoms with E-state index in [2.05, 4.69) is 10.3 Å². The molecule has 0 aliphatic carbocycles. The van der Waals surface area contributed by atoms with Crippen molar-refractivity contribution >= 4 is 5.82 Å². The van der Waals surface area contributed by atoms with E-state index in [-0.39, 0.29) is 17.7 Å². The van der Waals surface area contributed by atoms with Gasteiger partial charge >= 0.3 is 0 Å². The molecule has 2 atom stereocenters. The maximum absolute atomic E-state index is 11.7. The van der Waals surface area contributed by atoms with E-state index >= 15 is 0 Å². The van der Waals surface area contributed by atoms with Crippen LogP contribution in [0.2, 0.25) is 0 Å². The summed E-state index contributed by atoms with van der Waals surface area (Å²) in [5, 5.41) is 3.12. The van der Waals surface area contributed by atoms with Crippen molar-refractivity contribution in [2.24, 2.45) is 7.05 Å². The predicted molar refractivity (Wildman–Crippen MR) is 61.5 cm³/mol. The topological polar surface area (TPSA) is 56.2 Å². The first-order valence-corrected chi connectivity index (χ1v) is 5.58. The number of aromatic nitrogens is 2. The number of nitrogens with zero attached hydrogens (tertiary/aromatic N) is 2. The lowest BCUT2D eigenvalue weighted by Gasteiger charge is -2.20. The fourth-order valence-electron chi connectivity index (χ4n) is 1.90. The Hall–Kier alpha value is -1.36. The van der Waals surface area contributed by atoms with E-state index in [4.69, 9.17) is 4.74 Å². The van der Waals surface area contributed by atoms with Crippen molar-refractivity contribution in [3.05, 3.63) is 22.7 Å². The third kappa shape index (κ3) is 2.24. The Balaban J connectivity index is 2.08. The zero-order chi connectivity index (χ0) is 11.5. The molecular weight excluding hydrogens is 206 g/mol. The lowest BCUT2D eigenvalue weighted by atomic mass is 10.1. The summed E-state index contributed by atoms with van der Waals surface area (Å²) in [7, 11) is 1.71. The third-order valence-electron chi connectivity index (χ3n) is 2.90. The van der Waals surface area contributed by atoms with Gasteiger partial charge in [0, 0.05) is 26.0 Å². The highest BCUT2D eigenvalue weighted by molar-refractivity contribution is 5.32. The van der Waals surface area contributed by atoms with Gasteiger partial charge in [-0.05, 0) is 19.8 Å². The van der Waals surface area contributed by atoms with Crippen molar-refractivity contribution in [2.45, 2.75) is 31.9 Å². The van der Waals surface area contributed by atoms with E-state index in [1.165, 1.54) is 4.57 Å². The van der Waals surface area contributed by atoms with Crippen molar-refractivity contribution in [3.63, 3.8) is 0 Å². The van der Waals surface area contributed by atoms with Crippen molar-refractivity contribution in [1.82, 2.24) is 9.55 Å². The molecule has 1 fully saturated rings. The fraction of sp³-hybridized carbons (Fsp3) is 0.636. The van der Waals surface area contributed by atoms with E-state index in [0.717, 1.165) is 19.4 Å². The monoisotopic (exact) mass is 223 g/mol. The molecule has 1 aliphatic heterocycles. The van der Waals surface area contributed by atoms with E-state index in [0.29, 0.717) is 5.82 Å². The highest BCUT2D eigenvalue weighted by atomic mass is 16.5. The van der Waals surface area contributed by atoms with E-state index in [9.17, 15) is 4.79 Å². The van der Waals surface area contributed by atoms with Crippen molar-refractivity contribution < 1.29 is 4.74 Å². The number of ether oxygens (including phenoxy) is 1. The molecule has 0 saturated carbocycles. The standard InChI is InChI=1S/C11H17N3O2/c1-8(9-4-3-7-16-9)13-10-11(15)14(2)6-5-12-10/h5-6,8-9H,3-4,7H2,1-2H3,(H,12,13). The number of hydrogen-bond acceptors (Lipinski definition) is 4. The highest BCUT2D eigenvalue weighted by Crippen LogP contribution is 2.17. The molecule has 5 nitrogen and oxygen atoms in total. The molecule has 88 valence electrons. The first kappa shape index (κ1) is 11.1. The molecule has 5 heteroatoms. The van der Waals surface area contributed by atoms with Crippen LogP contribution in [0, 0.1) is 0 Å². The Morgan fingerprint density at radius 1 is 1.69 bits per heavy atom. The molecule has 0 amide bonds. The maximum atomic E-state index is 11.7. The van der Waals surface area contributed by atoms with Gasteiger partial charge in [0.1, 0.15) is 0 Å². The molecule has 0 aromatic carbocycles. The maximum Gasteiger partial charge on any atom is 0.293 e. The van der Waals surface area contributed by atoms with Crippen molar-refractivity contribution in [3.8, 4) is 0 Å². The average Bonchev–Trinajstić information content (AvgIpc) is 2.78. The minimum Gasteiger partial charge on any atom is -0.376 e. The molecular formula is C11H17N3O2. The molecule has 1 aliphatic rings. The van der Waals surface area contributed by atoms with Crippen LogP contribution in [-0.2, 0) is 11.8 Å². The summed E-state index contributed by atoms with van der Waals surface area (Å²) >= 11 is 0. The van der Waals surface area contributed by atoms with Crippen LogP contribution < -0.4 is 10.9 Å². The van der Waals surface area contributed by atoms with E-state index in [1.54, 1.807) is 19.4 Å². The lowest BCUT2D eigenvalue weighted by molar-refractivity contribution is 0.0995. The molecule has 2 heterocycles. The first-order valence-electron chi connectivity index (χ1n) is 5.58.